The lowest BCUT2D eigenvalue weighted by atomic mass is 10.1. The average Bonchev–Trinajstić information content (AvgIpc) is 3.27. The highest BCUT2D eigenvalue weighted by atomic mass is 16.6. The summed E-state index contributed by atoms with van der Waals surface area (Å²) in [4.78, 5) is 42.7. The van der Waals surface area contributed by atoms with Crippen LogP contribution in [0.15, 0.2) is 55.2 Å². The number of amides is 2. The van der Waals surface area contributed by atoms with Gasteiger partial charge in [-0.2, -0.15) is 0 Å². The number of carbonyl (C=O) groups is 2. The molecule has 0 radical (unpaired) electrons. The number of nitro groups is 1. The van der Waals surface area contributed by atoms with Crippen LogP contribution in [0.3, 0.4) is 0 Å². The van der Waals surface area contributed by atoms with Crippen molar-refractivity contribution in [2.75, 3.05) is 19.0 Å². The SMILES string of the molecule is COc1ccc(C(=O)NCC(=O)Nc2ccc(-n3ccnc3)nc2)cc1[N+](=O)[O-]. The maximum atomic E-state index is 12.2. The Kier molecular flexibility index (Phi) is 5.78. The molecule has 11 heteroatoms. The van der Waals surface area contributed by atoms with Gasteiger partial charge >= 0.3 is 5.69 Å². The number of rotatable bonds is 7. The number of nitro benzene ring substituents is 1. The lowest BCUT2D eigenvalue weighted by Crippen LogP contribution is -2.32. The average molecular weight is 396 g/mol. The first-order chi connectivity index (χ1) is 14.0. The lowest BCUT2D eigenvalue weighted by Gasteiger charge is -2.08. The Balaban J connectivity index is 1.57. The van der Waals surface area contributed by atoms with Crippen LogP contribution in [0, 0.1) is 10.1 Å². The molecule has 2 aromatic heterocycles. The summed E-state index contributed by atoms with van der Waals surface area (Å²) in [5.41, 5.74) is 0.151. The minimum atomic E-state index is -0.650. The van der Waals surface area contributed by atoms with Gasteiger partial charge in [0, 0.05) is 24.0 Å². The second-order valence-electron chi connectivity index (χ2n) is 5.75. The molecule has 3 aromatic rings. The number of pyridine rings is 1. The first-order valence-electron chi connectivity index (χ1n) is 8.33. The van der Waals surface area contributed by atoms with Gasteiger partial charge in [-0.3, -0.25) is 24.3 Å². The molecule has 1 aromatic carbocycles. The van der Waals surface area contributed by atoms with Crippen LogP contribution in [-0.4, -0.2) is 44.9 Å². The number of benzene rings is 1. The van der Waals surface area contributed by atoms with E-state index in [-0.39, 0.29) is 23.5 Å². The van der Waals surface area contributed by atoms with Crippen molar-refractivity contribution in [3.8, 4) is 11.6 Å². The number of imidazole rings is 1. The van der Waals surface area contributed by atoms with Crippen LogP contribution in [0.1, 0.15) is 10.4 Å². The highest BCUT2D eigenvalue weighted by Gasteiger charge is 2.18. The quantitative estimate of drug-likeness (QED) is 0.456. The number of anilines is 1. The van der Waals surface area contributed by atoms with E-state index in [1.54, 1.807) is 35.4 Å². The van der Waals surface area contributed by atoms with Gasteiger partial charge in [0.1, 0.15) is 12.1 Å². The minimum absolute atomic E-state index is 0.0379. The zero-order valence-electron chi connectivity index (χ0n) is 15.2. The zero-order valence-corrected chi connectivity index (χ0v) is 15.2. The Morgan fingerprint density at radius 1 is 1.28 bits per heavy atom. The summed E-state index contributed by atoms with van der Waals surface area (Å²) in [7, 11) is 1.29. The largest absolute Gasteiger partial charge is 0.490 e. The van der Waals surface area contributed by atoms with Gasteiger partial charge in [-0.25, -0.2) is 9.97 Å². The molecule has 0 saturated carbocycles. The molecule has 29 heavy (non-hydrogen) atoms. The number of methoxy groups -OCH3 is 1. The molecule has 0 bridgehead atoms. The molecule has 0 aliphatic heterocycles. The maximum Gasteiger partial charge on any atom is 0.311 e. The Morgan fingerprint density at radius 2 is 2.10 bits per heavy atom. The summed E-state index contributed by atoms with van der Waals surface area (Å²) >= 11 is 0. The van der Waals surface area contributed by atoms with Crippen LogP contribution < -0.4 is 15.4 Å². The Labute approximate surface area is 164 Å². The smallest absolute Gasteiger partial charge is 0.311 e. The number of hydrogen-bond acceptors (Lipinski definition) is 7. The highest BCUT2D eigenvalue weighted by molar-refractivity contribution is 5.99. The van der Waals surface area contributed by atoms with Gasteiger partial charge in [0.25, 0.3) is 5.91 Å². The van der Waals surface area contributed by atoms with E-state index >= 15 is 0 Å². The van der Waals surface area contributed by atoms with Crippen LogP contribution in [0.2, 0.25) is 0 Å². The molecule has 0 fully saturated rings. The molecule has 0 aliphatic rings. The topological polar surface area (TPSA) is 141 Å². The number of hydrogen-bond donors (Lipinski definition) is 2. The van der Waals surface area contributed by atoms with Crippen LogP contribution in [-0.2, 0) is 4.79 Å². The van der Waals surface area contributed by atoms with Gasteiger partial charge in [0.15, 0.2) is 5.75 Å². The van der Waals surface area contributed by atoms with Crippen molar-refractivity contribution in [1.82, 2.24) is 19.9 Å². The fraction of sp³-hybridized carbons (Fsp3) is 0.111. The van der Waals surface area contributed by atoms with E-state index < -0.39 is 16.7 Å². The van der Waals surface area contributed by atoms with E-state index in [4.69, 9.17) is 4.74 Å². The lowest BCUT2D eigenvalue weighted by molar-refractivity contribution is -0.385. The number of nitrogens with zero attached hydrogens (tertiary/aromatic N) is 4. The van der Waals surface area contributed by atoms with Crippen LogP contribution in [0.4, 0.5) is 11.4 Å². The molecule has 2 heterocycles. The Bertz CT molecular complexity index is 1030. The maximum absolute atomic E-state index is 12.2. The molecule has 2 amide bonds. The van der Waals surface area contributed by atoms with Crippen molar-refractivity contribution in [3.63, 3.8) is 0 Å². The molecule has 2 N–H and O–H groups in total. The molecule has 0 atom stereocenters. The molecular weight excluding hydrogens is 380 g/mol. The van der Waals surface area contributed by atoms with E-state index in [0.29, 0.717) is 11.5 Å². The summed E-state index contributed by atoms with van der Waals surface area (Å²) in [6.07, 6.45) is 6.43. The number of aromatic nitrogens is 3. The highest BCUT2D eigenvalue weighted by Crippen LogP contribution is 2.27. The predicted molar refractivity (Wildman–Crippen MR) is 102 cm³/mol. The normalized spacial score (nSPS) is 10.2. The predicted octanol–water partition coefficient (Wildman–Crippen LogP) is 1.55. The standard InChI is InChI=1S/C18H16N6O5/c1-29-15-4-2-12(8-14(15)24(27)28)18(26)21-10-17(25)22-13-3-5-16(20-9-13)23-7-6-19-11-23/h2-9,11H,10H2,1H3,(H,21,26)(H,22,25). The summed E-state index contributed by atoms with van der Waals surface area (Å²) < 4.78 is 6.60. The molecule has 148 valence electrons. The number of nitrogens with one attached hydrogen (secondary N) is 2. The number of carbonyl (C=O) groups excluding carboxylic acids is 2. The monoisotopic (exact) mass is 396 g/mol. The van der Waals surface area contributed by atoms with Crippen molar-refractivity contribution < 1.29 is 19.2 Å². The third-order valence-corrected chi connectivity index (χ3v) is 3.85. The fourth-order valence-corrected chi connectivity index (χ4v) is 2.45. The Hall–Kier alpha value is -4.28. The van der Waals surface area contributed by atoms with E-state index in [1.165, 1.54) is 25.4 Å². The van der Waals surface area contributed by atoms with E-state index in [2.05, 4.69) is 20.6 Å². The van der Waals surface area contributed by atoms with Gasteiger partial charge < -0.3 is 15.4 Å². The van der Waals surface area contributed by atoms with Crippen molar-refractivity contribution in [1.29, 1.82) is 0 Å². The van der Waals surface area contributed by atoms with Crippen molar-refractivity contribution in [2.45, 2.75) is 0 Å². The molecule has 0 spiro atoms. The summed E-state index contributed by atoms with van der Waals surface area (Å²) in [6.45, 7) is -0.318. The van der Waals surface area contributed by atoms with Crippen molar-refractivity contribution in [3.05, 3.63) is 70.9 Å². The van der Waals surface area contributed by atoms with Crippen LogP contribution >= 0.6 is 0 Å². The first-order valence-corrected chi connectivity index (χ1v) is 8.33. The summed E-state index contributed by atoms with van der Waals surface area (Å²) in [5, 5.41) is 16.1. The van der Waals surface area contributed by atoms with Gasteiger partial charge in [0.2, 0.25) is 5.91 Å². The second kappa shape index (κ2) is 8.61. The molecule has 3 rings (SSSR count). The van der Waals surface area contributed by atoms with E-state index in [9.17, 15) is 19.7 Å². The van der Waals surface area contributed by atoms with E-state index in [1.807, 2.05) is 0 Å². The zero-order chi connectivity index (χ0) is 20.8. The second-order valence-corrected chi connectivity index (χ2v) is 5.75. The minimum Gasteiger partial charge on any atom is -0.490 e. The Morgan fingerprint density at radius 3 is 2.72 bits per heavy atom. The molecule has 0 saturated heterocycles. The van der Waals surface area contributed by atoms with Gasteiger partial charge in [-0.15, -0.1) is 0 Å². The summed E-state index contributed by atoms with van der Waals surface area (Å²) in [5.74, 6) is -0.427. The van der Waals surface area contributed by atoms with Crippen molar-refractivity contribution >= 4 is 23.2 Å². The van der Waals surface area contributed by atoms with E-state index in [0.717, 1.165) is 6.07 Å². The third-order valence-electron chi connectivity index (χ3n) is 3.85. The summed E-state index contributed by atoms with van der Waals surface area (Å²) in [6, 6.07) is 7.14. The van der Waals surface area contributed by atoms with Gasteiger partial charge in [-0.05, 0) is 24.3 Å². The number of ether oxygens (including phenoxy) is 1. The molecule has 0 aliphatic carbocycles. The molecule has 0 unspecified atom stereocenters. The molecular formula is C18H16N6O5. The first kappa shape index (κ1) is 19.5. The van der Waals surface area contributed by atoms with Gasteiger partial charge in [0.05, 0.1) is 30.5 Å². The van der Waals surface area contributed by atoms with Crippen LogP contribution in [0.25, 0.3) is 5.82 Å². The van der Waals surface area contributed by atoms with Crippen molar-refractivity contribution in [2.24, 2.45) is 0 Å². The third kappa shape index (κ3) is 4.71. The molecule has 11 nitrogen and oxygen atoms in total. The van der Waals surface area contributed by atoms with Gasteiger partial charge in [-0.1, -0.05) is 0 Å². The van der Waals surface area contributed by atoms with Crippen LogP contribution in [0.5, 0.6) is 5.75 Å². The fourth-order valence-electron chi connectivity index (χ4n) is 2.45.